The molecule has 0 saturated heterocycles. The third kappa shape index (κ3) is 3.12. The first kappa shape index (κ1) is 13.1. The Bertz CT molecular complexity index is 548. The number of nitrogens with two attached hydrogens (primary N) is 1. The van der Waals surface area contributed by atoms with Crippen LogP contribution < -0.4 is 5.73 Å². The molecule has 0 spiro atoms. The van der Waals surface area contributed by atoms with Crippen LogP contribution in [-0.2, 0) is 0 Å². The Morgan fingerprint density at radius 1 is 1.22 bits per heavy atom. The van der Waals surface area contributed by atoms with Crippen LogP contribution in [0.25, 0.3) is 11.0 Å². The maximum absolute atomic E-state index is 11.9. The summed E-state index contributed by atoms with van der Waals surface area (Å²) in [6, 6.07) is 7.09. The van der Waals surface area contributed by atoms with Gasteiger partial charge in [-0.2, -0.15) is 0 Å². The Morgan fingerprint density at radius 3 is 2.83 bits per heavy atom. The van der Waals surface area contributed by atoms with E-state index in [-0.39, 0.29) is 5.78 Å². The zero-order valence-electron chi connectivity index (χ0n) is 10.1. The Morgan fingerprint density at radius 2 is 2.06 bits per heavy atom. The molecule has 0 radical (unpaired) electrons. The second-order valence-corrected chi connectivity index (χ2v) is 4.75. The molecule has 0 bridgehead atoms. The highest BCUT2D eigenvalue weighted by molar-refractivity contribution is 6.31. The lowest BCUT2D eigenvalue weighted by Crippen LogP contribution is -2.00. The average Bonchev–Trinajstić information content (AvgIpc) is 2.77. The van der Waals surface area contributed by atoms with Crippen molar-refractivity contribution in [2.24, 2.45) is 5.73 Å². The van der Waals surface area contributed by atoms with Gasteiger partial charge in [-0.15, -0.1) is 0 Å². The summed E-state index contributed by atoms with van der Waals surface area (Å²) in [6.07, 6.45) is 3.30. The highest BCUT2D eigenvalue weighted by Gasteiger charge is 2.11. The molecule has 4 heteroatoms. The number of carbonyl (C=O) groups is 1. The predicted molar refractivity (Wildman–Crippen MR) is 73.1 cm³/mol. The van der Waals surface area contributed by atoms with Gasteiger partial charge in [-0.05, 0) is 43.7 Å². The standard InChI is InChI=1S/C14H16ClNO2/c15-11-5-6-13-10(8-11)9-14(18-13)12(17)4-2-1-3-7-16/h5-6,8-9H,1-4,7,16H2. The quantitative estimate of drug-likeness (QED) is 0.639. The fourth-order valence-electron chi connectivity index (χ4n) is 1.88. The molecular formula is C14H16ClNO2. The van der Waals surface area contributed by atoms with Crippen LogP contribution in [0.3, 0.4) is 0 Å². The molecule has 1 heterocycles. The van der Waals surface area contributed by atoms with E-state index in [1.165, 1.54) is 0 Å². The Labute approximate surface area is 111 Å². The lowest BCUT2D eigenvalue weighted by atomic mass is 10.1. The number of hydrogen-bond donors (Lipinski definition) is 1. The van der Waals surface area contributed by atoms with E-state index < -0.39 is 0 Å². The number of fused-ring (bicyclic) bond motifs is 1. The van der Waals surface area contributed by atoms with Crippen LogP contribution in [0.2, 0.25) is 5.02 Å². The number of unbranched alkanes of at least 4 members (excludes halogenated alkanes) is 2. The molecule has 18 heavy (non-hydrogen) atoms. The van der Waals surface area contributed by atoms with E-state index in [1.807, 2.05) is 0 Å². The minimum Gasteiger partial charge on any atom is -0.453 e. The number of hydrogen-bond acceptors (Lipinski definition) is 3. The first-order valence-corrected chi connectivity index (χ1v) is 6.51. The first-order chi connectivity index (χ1) is 8.70. The van der Waals surface area contributed by atoms with E-state index in [0.29, 0.717) is 29.3 Å². The molecule has 0 aliphatic heterocycles. The van der Waals surface area contributed by atoms with Crippen molar-refractivity contribution in [2.75, 3.05) is 6.54 Å². The van der Waals surface area contributed by atoms with Crippen molar-refractivity contribution in [3.8, 4) is 0 Å². The minimum atomic E-state index is 0.0411. The van der Waals surface area contributed by atoms with Crippen LogP contribution in [0, 0.1) is 0 Å². The average molecular weight is 266 g/mol. The molecule has 2 rings (SSSR count). The van der Waals surface area contributed by atoms with E-state index in [9.17, 15) is 4.79 Å². The van der Waals surface area contributed by atoms with Gasteiger partial charge in [0, 0.05) is 16.8 Å². The number of halogens is 1. The minimum absolute atomic E-state index is 0.0411. The van der Waals surface area contributed by atoms with Crippen molar-refractivity contribution in [1.29, 1.82) is 0 Å². The van der Waals surface area contributed by atoms with Crippen LogP contribution >= 0.6 is 11.6 Å². The summed E-state index contributed by atoms with van der Waals surface area (Å²) in [6.45, 7) is 0.678. The van der Waals surface area contributed by atoms with Crippen LogP contribution in [0.5, 0.6) is 0 Å². The molecule has 1 aromatic heterocycles. The molecular weight excluding hydrogens is 250 g/mol. The van der Waals surface area contributed by atoms with E-state index in [1.54, 1.807) is 24.3 Å². The van der Waals surface area contributed by atoms with Gasteiger partial charge in [-0.1, -0.05) is 18.0 Å². The lowest BCUT2D eigenvalue weighted by Gasteiger charge is -1.97. The molecule has 2 aromatic rings. The van der Waals surface area contributed by atoms with Crippen LogP contribution in [0.15, 0.2) is 28.7 Å². The summed E-state index contributed by atoms with van der Waals surface area (Å²) in [4.78, 5) is 11.9. The molecule has 1 aromatic carbocycles. The highest BCUT2D eigenvalue weighted by atomic mass is 35.5. The molecule has 0 unspecified atom stereocenters. The maximum Gasteiger partial charge on any atom is 0.198 e. The predicted octanol–water partition coefficient (Wildman–Crippen LogP) is 3.79. The maximum atomic E-state index is 11.9. The molecule has 96 valence electrons. The van der Waals surface area contributed by atoms with Gasteiger partial charge in [-0.3, -0.25) is 4.79 Å². The molecule has 0 atom stereocenters. The van der Waals surface area contributed by atoms with Crippen LogP contribution in [0.4, 0.5) is 0 Å². The van der Waals surface area contributed by atoms with Crippen molar-refractivity contribution in [3.63, 3.8) is 0 Å². The summed E-state index contributed by atoms with van der Waals surface area (Å²) in [7, 11) is 0. The summed E-state index contributed by atoms with van der Waals surface area (Å²) in [5.74, 6) is 0.458. The number of carbonyl (C=O) groups excluding carboxylic acids is 1. The molecule has 0 amide bonds. The van der Waals surface area contributed by atoms with Crippen LogP contribution in [0.1, 0.15) is 36.2 Å². The van der Waals surface area contributed by atoms with E-state index in [0.717, 1.165) is 24.6 Å². The topological polar surface area (TPSA) is 56.2 Å². The fraction of sp³-hybridized carbons (Fsp3) is 0.357. The van der Waals surface area contributed by atoms with Gasteiger partial charge < -0.3 is 10.2 Å². The summed E-state index contributed by atoms with van der Waals surface area (Å²) in [5, 5.41) is 1.51. The Hall–Kier alpha value is -1.32. The SMILES string of the molecule is NCCCCCC(=O)c1cc2cc(Cl)ccc2o1. The summed E-state index contributed by atoms with van der Waals surface area (Å²) < 4.78 is 5.51. The van der Waals surface area contributed by atoms with Gasteiger partial charge >= 0.3 is 0 Å². The van der Waals surface area contributed by atoms with Gasteiger partial charge in [0.1, 0.15) is 5.58 Å². The number of ketones is 1. The molecule has 0 fully saturated rings. The van der Waals surface area contributed by atoms with Crippen molar-refractivity contribution < 1.29 is 9.21 Å². The summed E-state index contributed by atoms with van der Waals surface area (Å²) >= 11 is 5.89. The molecule has 0 aliphatic carbocycles. The molecule has 2 N–H and O–H groups in total. The largest absolute Gasteiger partial charge is 0.453 e. The van der Waals surface area contributed by atoms with Gasteiger partial charge in [0.25, 0.3) is 0 Å². The number of rotatable bonds is 6. The third-order valence-corrected chi connectivity index (χ3v) is 3.10. The highest BCUT2D eigenvalue weighted by Crippen LogP contribution is 2.24. The van der Waals surface area contributed by atoms with E-state index in [2.05, 4.69) is 0 Å². The zero-order valence-corrected chi connectivity index (χ0v) is 10.9. The van der Waals surface area contributed by atoms with Gasteiger partial charge in [0.15, 0.2) is 11.5 Å². The van der Waals surface area contributed by atoms with Crippen LogP contribution in [-0.4, -0.2) is 12.3 Å². The number of benzene rings is 1. The Balaban J connectivity index is 2.04. The fourth-order valence-corrected chi connectivity index (χ4v) is 2.06. The van der Waals surface area contributed by atoms with Crippen molar-refractivity contribution in [2.45, 2.75) is 25.7 Å². The molecule has 3 nitrogen and oxygen atoms in total. The smallest absolute Gasteiger partial charge is 0.198 e. The third-order valence-electron chi connectivity index (χ3n) is 2.86. The lowest BCUT2D eigenvalue weighted by molar-refractivity contribution is 0.0954. The van der Waals surface area contributed by atoms with Gasteiger partial charge in [0.05, 0.1) is 0 Å². The zero-order chi connectivity index (χ0) is 13.0. The molecule has 0 aliphatic rings. The first-order valence-electron chi connectivity index (χ1n) is 6.13. The monoisotopic (exact) mass is 265 g/mol. The number of furan rings is 1. The second-order valence-electron chi connectivity index (χ2n) is 4.32. The normalized spacial score (nSPS) is 11.0. The number of Topliss-reactive ketones (excluding diaryl/α,β-unsaturated/α-hetero) is 1. The van der Waals surface area contributed by atoms with E-state index >= 15 is 0 Å². The second kappa shape index (κ2) is 6.03. The summed E-state index contributed by atoms with van der Waals surface area (Å²) in [5.41, 5.74) is 6.10. The van der Waals surface area contributed by atoms with Crippen molar-refractivity contribution >= 4 is 28.4 Å². The molecule has 0 saturated carbocycles. The van der Waals surface area contributed by atoms with E-state index in [4.69, 9.17) is 21.8 Å². The van der Waals surface area contributed by atoms with Crippen molar-refractivity contribution in [3.05, 3.63) is 35.0 Å². The van der Waals surface area contributed by atoms with Crippen molar-refractivity contribution in [1.82, 2.24) is 0 Å². The Kier molecular flexibility index (Phi) is 4.39. The van der Waals surface area contributed by atoms with Gasteiger partial charge in [0.2, 0.25) is 0 Å². The van der Waals surface area contributed by atoms with Gasteiger partial charge in [-0.25, -0.2) is 0 Å².